The molecule has 1 heterocycles. The first-order chi connectivity index (χ1) is 15.3. The molecule has 6 heteroatoms. The van der Waals surface area contributed by atoms with Crippen LogP contribution in [0.1, 0.15) is 42.1 Å². The standard InChI is InChI=1S/C26H32N2O4/c1-6-27(7-2)14-15-28-23(19-10-12-21(32-5)13-11-19)22(25(30)26(28)31)24(29)20-9-8-17(3)18(4)16-20/h8-13,16,23,29H,6-7,14-15H2,1-5H3/b24-22-. The summed E-state index contributed by atoms with van der Waals surface area (Å²) in [5.74, 6) is -0.690. The van der Waals surface area contributed by atoms with Crippen LogP contribution in [0, 0.1) is 13.8 Å². The summed E-state index contributed by atoms with van der Waals surface area (Å²) in [5.41, 5.74) is 3.52. The highest BCUT2D eigenvalue weighted by molar-refractivity contribution is 6.46. The van der Waals surface area contributed by atoms with Gasteiger partial charge in [-0.25, -0.2) is 0 Å². The number of nitrogens with zero attached hydrogens (tertiary/aromatic N) is 2. The minimum Gasteiger partial charge on any atom is -0.507 e. The number of ketones is 1. The molecule has 1 unspecified atom stereocenters. The predicted octanol–water partition coefficient (Wildman–Crippen LogP) is 4.08. The second-order valence-electron chi connectivity index (χ2n) is 8.09. The van der Waals surface area contributed by atoms with E-state index in [0.717, 1.165) is 29.8 Å². The van der Waals surface area contributed by atoms with Gasteiger partial charge < -0.3 is 19.6 Å². The highest BCUT2D eigenvalue weighted by Crippen LogP contribution is 2.39. The number of rotatable bonds is 8. The van der Waals surface area contributed by atoms with Crippen molar-refractivity contribution in [2.24, 2.45) is 0 Å². The van der Waals surface area contributed by atoms with Gasteiger partial charge in [0.15, 0.2) is 0 Å². The third-order valence-corrected chi connectivity index (χ3v) is 6.30. The summed E-state index contributed by atoms with van der Waals surface area (Å²) in [5, 5.41) is 11.2. The summed E-state index contributed by atoms with van der Waals surface area (Å²) >= 11 is 0. The molecule has 170 valence electrons. The summed E-state index contributed by atoms with van der Waals surface area (Å²) in [6.45, 7) is 10.8. The van der Waals surface area contributed by atoms with Crippen molar-refractivity contribution in [3.05, 3.63) is 70.3 Å². The van der Waals surface area contributed by atoms with Crippen molar-refractivity contribution in [2.45, 2.75) is 33.7 Å². The minimum absolute atomic E-state index is 0.128. The number of hydrogen-bond donors (Lipinski definition) is 1. The second kappa shape index (κ2) is 10.0. The number of benzene rings is 2. The highest BCUT2D eigenvalue weighted by atomic mass is 16.5. The summed E-state index contributed by atoms with van der Waals surface area (Å²) in [7, 11) is 1.59. The van der Waals surface area contributed by atoms with Gasteiger partial charge in [-0.15, -0.1) is 0 Å². The number of likely N-dealkylation sites (tertiary alicyclic amines) is 1. The van der Waals surface area contributed by atoms with E-state index in [4.69, 9.17) is 4.74 Å². The normalized spacial score (nSPS) is 17.9. The molecule has 2 aromatic carbocycles. The van der Waals surface area contributed by atoms with Gasteiger partial charge in [0.05, 0.1) is 18.7 Å². The number of hydrogen-bond acceptors (Lipinski definition) is 5. The van der Waals surface area contributed by atoms with E-state index < -0.39 is 17.7 Å². The number of aryl methyl sites for hydroxylation is 2. The Morgan fingerprint density at radius 1 is 1.03 bits per heavy atom. The molecule has 3 rings (SSSR count). The average Bonchev–Trinajstić information content (AvgIpc) is 3.06. The Bertz CT molecular complexity index is 1020. The fraction of sp³-hybridized carbons (Fsp3) is 0.385. The monoisotopic (exact) mass is 436 g/mol. The molecular weight excluding hydrogens is 404 g/mol. The molecule has 1 saturated heterocycles. The van der Waals surface area contributed by atoms with E-state index in [1.165, 1.54) is 0 Å². The van der Waals surface area contributed by atoms with Crippen LogP contribution < -0.4 is 4.74 Å². The molecule has 1 aliphatic rings. The van der Waals surface area contributed by atoms with Gasteiger partial charge in [0.1, 0.15) is 11.5 Å². The van der Waals surface area contributed by atoms with Gasteiger partial charge in [-0.3, -0.25) is 9.59 Å². The Kier molecular flexibility index (Phi) is 7.36. The minimum atomic E-state index is -0.655. The first-order valence-corrected chi connectivity index (χ1v) is 11.0. The lowest BCUT2D eigenvalue weighted by Gasteiger charge is -2.28. The first kappa shape index (κ1) is 23.5. The maximum Gasteiger partial charge on any atom is 0.295 e. The number of ether oxygens (including phenoxy) is 1. The van der Waals surface area contributed by atoms with Gasteiger partial charge >= 0.3 is 0 Å². The van der Waals surface area contributed by atoms with Gasteiger partial charge in [0.25, 0.3) is 11.7 Å². The molecule has 0 spiro atoms. The predicted molar refractivity (Wildman–Crippen MR) is 126 cm³/mol. The molecule has 0 saturated carbocycles. The maximum absolute atomic E-state index is 13.1. The van der Waals surface area contributed by atoms with Crippen LogP contribution in [-0.2, 0) is 9.59 Å². The molecule has 1 amide bonds. The third-order valence-electron chi connectivity index (χ3n) is 6.30. The Morgan fingerprint density at radius 3 is 2.25 bits per heavy atom. The molecule has 0 aromatic heterocycles. The van der Waals surface area contributed by atoms with Crippen LogP contribution in [0.5, 0.6) is 5.75 Å². The second-order valence-corrected chi connectivity index (χ2v) is 8.09. The number of likely N-dealkylation sites (N-methyl/N-ethyl adjacent to an activating group) is 1. The Hall–Kier alpha value is -3.12. The lowest BCUT2D eigenvalue weighted by atomic mass is 9.94. The van der Waals surface area contributed by atoms with Crippen molar-refractivity contribution in [1.82, 2.24) is 9.80 Å². The molecule has 1 aliphatic heterocycles. The molecule has 1 N–H and O–H groups in total. The SMILES string of the molecule is CCN(CC)CCN1C(=O)C(=O)/C(=C(\O)c2ccc(C)c(C)c2)C1c1ccc(OC)cc1. The zero-order valence-electron chi connectivity index (χ0n) is 19.5. The number of aliphatic hydroxyl groups is 1. The highest BCUT2D eigenvalue weighted by Gasteiger charge is 2.46. The van der Waals surface area contributed by atoms with Crippen molar-refractivity contribution in [1.29, 1.82) is 0 Å². The van der Waals surface area contributed by atoms with E-state index in [2.05, 4.69) is 18.7 Å². The van der Waals surface area contributed by atoms with E-state index in [0.29, 0.717) is 24.4 Å². The quantitative estimate of drug-likeness (QED) is 0.384. The van der Waals surface area contributed by atoms with Crippen molar-refractivity contribution in [3.63, 3.8) is 0 Å². The molecule has 2 aromatic rings. The van der Waals surface area contributed by atoms with Crippen LogP contribution in [0.2, 0.25) is 0 Å². The van der Waals surface area contributed by atoms with Gasteiger partial charge in [0, 0.05) is 18.7 Å². The molecular formula is C26H32N2O4. The van der Waals surface area contributed by atoms with Gasteiger partial charge in [0.2, 0.25) is 0 Å². The van der Waals surface area contributed by atoms with Crippen LogP contribution >= 0.6 is 0 Å². The van der Waals surface area contributed by atoms with Crippen LogP contribution in [0.3, 0.4) is 0 Å². The zero-order chi connectivity index (χ0) is 23.4. The fourth-order valence-electron chi connectivity index (χ4n) is 4.08. The van der Waals surface area contributed by atoms with Crippen LogP contribution in [-0.4, -0.2) is 59.9 Å². The topological polar surface area (TPSA) is 70.1 Å². The summed E-state index contributed by atoms with van der Waals surface area (Å²) in [6.07, 6.45) is 0. The molecule has 0 bridgehead atoms. The molecule has 6 nitrogen and oxygen atoms in total. The zero-order valence-corrected chi connectivity index (χ0v) is 19.5. The van der Waals surface area contributed by atoms with E-state index in [9.17, 15) is 14.7 Å². The van der Waals surface area contributed by atoms with Crippen molar-refractivity contribution in [3.8, 4) is 5.75 Å². The number of amides is 1. The van der Waals surface area contributed by atoms with E-state index in [1.807, 2.05) is 38.1 Å². The molecule has 0 radical (unpaired) electrons. The van der Waals surface area contributed by atoms with Gasteiger partial charge in [-0.2, -0.15) is 0 Å². The van der Waals surface area contributed by atoms with Crippen LogP contribution in [0.4, 0.5) is 0 Å². The molecule has 0 aliphatic carbocycles. The van der Waals surface area contributed by atoms with Crippen molar-refractivity contribution in [2.75, 3.05) is 33.3 Å². The van der Waals surface area contributed by atoms with E-state index in [1.54, 1.807) is 30.2 Å². The largest absolute Gasteiger partial charge is 0.507 e. The maximum atomic E-state index is 13.1. The lowest BCUT2D eigenvalue weighted by Crippen LogP contribution is -2.38. The summed E-state index contributed by atoms with van der Waals surface area (Å²) in [4.78, 5) is 30.0. The first-order valence-electron chi connectivity index (χ1n) is 11.0. The lowest BCUT2D eigenvalue weighted by molar-refractivity contribution is -0.140. The van der Waals surface area contributed by atoms with E-state index in [-0.39, 0.29) is 11.3 Å². The van der Waals surface area contributed by atoms with Gasteiger partial charge in [-0.05, 0) is 61.8 Å². The number of methoxy groups -OCH3 is 1. The number of carbonyl (C=O) groups is 2. The van der Waals surface area contributed by atoms with Gasteiger partial charge in [-0.1, -0.05) is 38.1 Å². The number of carbonyl (C=O) groups excluding carboxylic acids is 2. The number of Topliss-reactive ketones (excluding diaryl/α,β-unsaturated/α-hetero) is 1. The number of aliphatic hydroxyl groups excluding tert-OH is 1. The average molecular weight is 437 g/mol. The molecule has 1 fully saturated rings. The summed E-state index contributed by atoms with van der Waals surface area (Å²) < 4.78 is 5.26. The Balaban J connectivity index is 2.11. The Labute approximate surface area is 190 Å². The smallest absolute Gasteiger partial charge is 0.295 e. The Morgan fingerprint density at radius 2 is 1.69 bits per heavy atom. The molecule has 32 heavy (non-hydrogen) atoms. The third kappa shape index (κ3) is 4.55. The van der Waals surface area contributed by atoms with Crippen molar-refractivity contribution < 1.29 is 19.4 Å². The van der Waals surface area contributed by atoms with Crippen LogP contribution in [0.25, 0.3) is 5.76 Å². The fourth-order valence-corrected chi connectivity index (χ4v) is 4.08. The van der Waals surface area contributed by atoms with Crippen molar-refractivity contribution >= 4 is 17.4 Å². The summed E-state index contributed by atoms with van der Waals surface area (Å²) in [6, 6.07) is 12.2. The van der Waals surface area contributed by atoms with E-state index >= 15 is 0 Å². The van der Waals surface area contributed by atoms with Crippen LogP contribution in [0.15, 0.2) is 48.0 Å². The molecule has 1 atom stereocenters.